The third-order valence-electron chi connectivity index (χ3n) is 2.86. The molecule has 0 atom stereocenters. The summed E-state index contributed by atoms with van der Waals surface area (Å²) in [4.78, 5) is 23.6. The lowest BCUT2D eigenvalue weighted by Crippen LogP contribution is -2.34. The van der Waals surface area contributed by atoms with Gasteiger partial charge in [-0.15, -0.1) is 0 Å². The first-order valence-corrected chi connectivity index (χ1v) is 7.08. The summed E-state index contributed by atoms with van der Waals surface area (Å²) < 4.78 is 0. The van der Waals surface area contributed by atoms with Gasteiger partial charge in [-0.05, 0) is 50.2 Å². The van der Waals surface area contributed by atoms with Gasteiger partial charge in [0.25, 0.3) is 5.91 Å². The fourth-order valence-corrected chi connectivity index (χ4v) is 1.86. The Labute approximate surface area is 129 Å². The summed E-state index contributed by atoms with van der Waals surface area (Å²) in [5.41, 5.74) is 1.93. The number of carbonyl (C=O) groups excluding carboxylic acids is 2. The van der Waals surface area contributed by atoms with Crippen LogP contribution >= 0.6 is 0 Å². The van der Waals surface area contributed by atoms with Gasteiger partial charge in [0.1, 0.15) is 0 Å². The van der Waals surface area contributed by atoms with Crippen molar-refractivity contribution in [3.63, 3.8) is 0 Å². The summed E-state index contributed by atoms with van der Waals surface area (Å²) in [6, 6.07) is 15.8. The van der Waals surface area contributed by atoms with E-state index in [2.05, 4.69) is 16.0 Å². The van der Waals surface area contributed by atoms with E-state index in [-0.39, 0.29) is 18.0 Å². The van der Waals surface area contributed by atoms with Gasteiger partial charge in [-0.2, -0.15) is 0 Å². The Balaban J connectivity index is 1.95. The van der Waals surface area contributed by atoms with Crippen LogP contribution in [0.15, 0.2) is 54.6 Å². The predicted octanol–water partition coefficient (Wildman–Crippen LogP) is 3.47. The first-order valence-electron chi connectivity index (χ1n) is 7.08. The average molecular weight is 297 g/mol. The van der Waals surface area contributed by atoms with Crippen molar-refractivity contribution in [3.05, 3.63) is 60.2 Å². The fourth-order valence-electron chi connectivity index (χ4n) is 1.86. The van der Waals surface area contributed by atoms with E-state index in [1.807, 2.05) is 32.0 Å². The molecule has 0 aliphatic rings. The molecule has 0 aliphatic heterocycles. The van der Waals surface area contributed by atoms with Gasteiger partial charge >= 0.3 is 6.03 Å². The van der Waals surface area contributed by atoms with Crippen LogP contribution in [0, 0.1) is 0 Å². The Hall–Kier alpha value is -2.82. The second kappa shape index (κ2) is 7.26. The largest absolute Gasteiger partial charge is 0.336 e. The Bertz CT molecular complexity index is 637. The van der Waals surface area contributed by atoms with Crippen molar-refractivity contribution in [2.45, 2.75) is 19.9 Å². The maximum atomic E-state index is 12.0. The molecular weight excluding hydrogens is 278 g/mol. The second-order valence-corrected chi connectivity index (χ2v) is 5.15. The van der Waals surface area contributed by atoms with Gasteiger partial charge in [0.15, 0.2) is 0 Å². The summed E-state index contributed by atoms with van der Waals surface area (Å²) in [5, 5.41) is 8.27. The van der Waals surface area contributed by atoms with Gasteiger partial charge in [-0.25, -0.2) is 4.79 Å². The summed E-state index contributed by atoms with van der Waals surface area (Å²) in [6.07, 6.45) is 0. The molecule has 3 amide bonds. The molecular formula is C17H19N3O2. The Morgan fingerprint density at radius 2 is 1.36 bits per heavy atom. The highest BCUT2D eigenvalue weighted by molar-refractivity contribution is 6.04. The molecule has 5 nitrogen and oxygen atoms in total. The molecule has 0 bridgehead atoms. The number of benzene rings is 2. The van der Waals surface area contributed by atoms with E-state index in [1.165, 1.54) is 0 Å². The van der Waals surface area contributed by atoms with Crippen LogP contribution in [-0.4, -0.2) is 18.0 Å². The average Bonchev–Trinajstić information content (AvgIpc) is 2.49. The lowest BCUT2D eigenvalue weighted by atomic mass is 10.2. The molecule has 0 saturated carbocycles. The molecule has 0 heterocycles. The molecule has 2 aromatic rings. The van der Waals surface area contributed by atoms with Crippen LogP contribution in [-0.2, 0) is 0 Å². The first kappa shape index (κ1) is 15.6. The number of amides is 3. The number of hydrogen-bond donors (Lipinski definition) is 3. The minimum Gasteiger partial charge on any atom is -0.336 e. The lowest BCUT2D eigenvalue weighted by Gasteiger charge is -2.11. The van der Waals surface area contributed by atoms with Crippen LogP contribution < -0.4 is 16.0 Å². The van der Waals surface area contributed by atoms with Gasteiger partial charge in [0.05, 0.1) is 0 Å². The molecule has 22 heavy (non-hydrogen) atoms. The molecule has 0 saturated heterocycles. The molecule has 5 heteroatoms. The Morgan fingerprint density at radius 3 is 1.91 bits per heavy atom. The van der Waals surface area contributed by atoms with Crippen molar-refractivity contribution in [2.75, 3.05) is 10.6 Å². The maximum absolute atomic E-state index is 12.0. The van der Waals surface area contributed by atoms with E-state index in [9.17, 15) is 9.59 Å². The Kier molecular flexibility index (Phi) is 5.14. The monoisotopic (exact) mass is 297 g/mol. The standard InChI is InChI=1S/C17H19N3O2/c1-12(2)18-17(22)20-15-10-8-14(9-11-15)19-16(21)13-6-4-3-5-7-13/h3-12H,1-2H3,(H,19,21)(H2,18,20,22). The van der Waals surface area contributed by atoms with Crippen LogP contribution in [0.3, 0.4) is 0 Å². The Morgan fingerprint density at radius 1 is 0.818 bits per heavy atom. The van der Waals surface area contributed by atoms with Crippen molar-refractivity contribution in [1.82, 2.24) is 5.32 Å². The van der Waals surface area contributed by atoms with Gasteiger partial charge < -0.3 is 16.0 Å². The zero-order valence-corrected chi connectivity index (χ0v) is 12.6. The van der Waals surface area contributed by atoms with Crippen LogP contribution in [0.5, 0.6) is 0 Å². The molecule has 0 spiro atoms. The highest BCUT2D eigenvalue weighted by atomic mass is 16.2. The third kappa shape index (κ3) is 4.63. The number of urea groups is 1. The van der Waals surface area contributed by atoms with E-state index < -0.39 is 0 Å². The topological polar surface area (TPSA) is 70.2 Å². The van der Waals surface area contributed by atoms with Crippen LogP contribution in [0.4, 0.5) is 16.2 Å². The maximum Gasteiger partial charge on any atom is 0.319 e. The number of hydrogen-bond acceptors (Lipinski definition) is 2. The predicted molar refractivity (Wildman–Crippen MR) is 88.1 cm³/mol. The lowest BCUT2D eigenvalue weighted by molar-refractivity contribution is 0.102. The van der Waals surface area contributed by atoms with E-state index in [1.54, 1.807) is 36.4 Å². The minimum absolute atomic E-state index is 0.0735. The second-order valence-electron chi connectivity index (χ2n) is 5.15. The molecule has 2 aromatic carbocycles. The van der Waals surface area contributed by atoms with Crippen molar-refractivity contribution in [2.24, 2.45) is 0 Å². The van der Waals surface area contributed by atoms with E-state index in [4.69, 9.17) is 0 Å². The minimum atomic E-state index is -0.254. The van der Waals surface area contributed by atoms with Crippen LogP contribution in [0.25, 0.3) is 0 Å². The van der Waals surface area contributed by atoms with E-state index in [0.717, 1.165) is 0 Å². The van der Waals surface area contributed by atoms with Gasteiger partial charge in [0.2, 0.25) is 0 Å². The van der Waals surface area contributed by atoms with Crippen LogP contribution in [0.2, 0.25) is 0 Å². The van der Waals surface area contributed by atoms with Gasteiger partial charge in [-0.1, -0.05) is 18.2 Å². The molecule has 2 rings (SSSR count). The SMILES string of the molecule is CC(C)NC(=O)Nc1ccc(NC(=O)c2ccccc2)cc1. The smallest absolute Gasteiger partial charge is 0.319 e. The van der Waals surface area contributed by atoms with Gasteiger partial charge in [0, 0.05) is 23.0 Å². The molecule has 114 valence electrons. The third-order valence-corrected chi connectivity index (χ3v) is 2.86. The summed E-state index contributed by atoms with van der Waals surface area (Å²) >= 11 is 0. The summed E-state index contributed by atoms with van der Waals surface area (Å²) in [7, 11) is 0. The number of rotatable bonds is 4. The molecule has 0 aliphatic carbocycles. The molecule has 0 unspecified atom stereocenters. The fraction of sp³-hybridized carbons (Fsp3) is 0.176. The molecule has 0 aromatic heterocycles. The van der Waals surface area contributed by atoms with Crippen molar-refractivity contribution in [3.8, 4) is 0 Å². The zero-order chi connectivity index (χ0) is 15.9. The first-order chi connectivity index (χ1) is 10.5. The van der Waals surface area contributed by atoms with Crippen molar-refractivity contribution < 1.29 is 9.59 Å². The number of carbonyl (C=O) groups is 2. The summed E-state index contributed by atoms with van der Waals surface area (Å²) in [5.74, 6) is -0.168. The van der Waals surface area contributed by atoms with E-state index >= 15 is 0 Å². The number of anilines is 2. The quantitative estimate of drug-likeness (QED) is 0.808. The van der Waals surface area contributed by atoms with Crippen molar-refractivity contribution in [1.29, 1.82) is 0 Å². The highest BCUT2D eigenvalue weighted by Crippen LogP contribution is 2.14. The highest BCUT2D eigenvalue weighted by Gasteiger charge is 2.06. The van der Waals surface area contributed by atoms with Gasteiger partial charge in [-0.3, -0.25) is 4.79 Å². The zero-order valence-electron chi connectivity index (χ0n) is 12.6. The summed E-state index contributed by atoms with van der Waals surface area (Å²) in [6.45, 7) is 3.78. The van der Waals surface area contributed by atoms with E-state index in [0.29, 0.717) is 16.9 Å². The van der Waals surface area contributed by atoms with Crippen LogP contribution in [0.1, 0.15) is 24.2 Å². The number of nitrogens with one attached hydrogen (secondary N) is 3. The normalized spacial score (nSPS) is 10.1. The molecule has 3 N–H and O–H groups in total. The van der Waals surface area contributed by atoms with Crippen molar-refractivity contribution >= 4 is 23.3 Å². The molecule has 0 radical (unpaired) electrons. The molecule has 0 fully saturated rings.